The maximum atomic E-state index is 13.1. The predicted molar refractivity (Wildman–Crippen MR) is 111 cm³/mol. The lowest BCUT2D eigenvalue weighted by atomic mass is 9.79. The van der Waals surface area contributed by atoms with Crippen molar-refractivity contribution in [2.24, 2.45) is 0 Å². The molecule has 1 saturated carbocycles. The number of methoxy groups -OCH3 is 1. The van der Waals surface area contributed by atoms with Gasteiger partial charge in [0.05, 0.1) is 13.7 Å². The predicted octanol–water partition coefficient (Wildman–Crippen LogP) is 4.19. The third kappa shape index (κ3) is 4.33. The van der Waals surface area contributed by atoms with Gasteiger partial charge < -0.3 is 9.47 Å². The van der Waals surface area contributed by atoms with E-state index < -0.39 is 10.0 Å². The first kappa shape index (κ1) is 20.7. The van der Waals surface area contributed by atoms with Gasteiger partial charge in [0.1, 0.15) is 16.4 Å². The number of aryl methyl sites for hydroxylation is 1. The lowest BCUT2D eigenvalue weighted by molar-refractivity contribution is 0.330. The number of benzene rings is 2. The molecule has 28 heavy (non-hydrogen) atoms. The van der Waals surface area contributed by atoms with Gasteiger partial charge in [-0.15, -0.1) is 0 Å². The average Bonchev–Trinajstić information content (AvgIpc) is 3.18. The van der Waals surface area contributed by atoms with Crippen LogP contribution in [0.25, 0.3) is 0 Å². The zero-order valence-corrected chi connectivity index (χ0v) is 17.6. The molecule has 0 amide bonds. The normalized spacial score (nSPS) is 16.1. The second kappa shape index (κ2) is 8.53. The quantitative estimate of drug-likeness (QED) is 0.718. The molecule has 3 rings (SSSR count). The zero-order valence-electron chi connectivity index (χ0n) is 16.8. The molecule has 0 bridgehead atoms. The van der Waals surface area contributed by atoms with Gasteiger partial charge in [-0.05, 0) is 62.1 Å². The second-order valence-electron chi connectivity index (χ2n) is 7.42. The Labute approximate surface area is 168 Å². The molecule has 0 heterocycles. The summed E-state index contributed by atoms with van der Waals surface area (Å²) in [4.78, 5) is 0.206. The highest BCUT2D eigenvalue weighted by Crippen LogP contribution is 2.41. The Bertz CT molecular complexity index is 901. The Morgan fingerprint density at radius 2 is 1.75 bits per heavy atom. The summed E-state index contributed by atoms with van der Waals surface area (Å²) < 4.78 is 39.9. The first-order valence-electron chi connectivity index (χ1n) is 9.78. The number of nitrogens with one attached hydrogen (secondary N) is 1. The van der Waals surface area contributed by atoms with Gasteiger partial charge >= 0.3 is 0 Å². The van der Waals surface area contributed by atoms with E-state index in [0.717, 1.165) is 42.6 Å². The molecule has 2 aromatic carbocycles. The molecule has 0 aliphatic heterocycles. The van der Waals surface area contributed by atoms with Crippen molar-refractivity contribution in [2.75, 3.05) is 20.3 Å². The van der Waals surface area contributed by atoms with E-state index >= 15 is 0 Å². The number of hydrogen-bond acceptors (Lipinski definition) is 4. The minimum Gasteiger partial charge on any atom is -0.497 e. The van der Waals surface area contributed by atoms with Crippen LogP contribution in [-0.4, -0.2) is 28.7 Å². The van der Waals surface area contributed by atoms with Crippen LogP contribution in [0.5, 0.6) is 11.5 Å². The molecule has 1 fully saturated rings. The van der Waals surface area contributed by atoms with Crippen molar-refractivity contribution >= 4 is 10.0 Å². The van der Waals surface area contributed by atoms with Crippen molar-refractivity contribution in [3.63, 3.8) is 0 Å². The number of ether oxygens (including phenoxy) is 2. The Kier molecular flexibility index (Phi) is 6.30. The van der Waals surface area contributed by atoms with Gasteiger partial charge in [0.25, 0.3) is 0 Å². The van der Waals surface area contributed by atoms with Crippen molar-refractivity contribution < 1.29 is 17.9 Å². The smallest absolute Gasteiger partial charge is 0.244 e. The average molecular weight is 404 g/mol. The fourth-order valence-electron chi connectivity index (χ4n) is 3.97. The molecule has 6 heteroatoms. The van der Waals surface area contributed by atoms with Gasteiger partial charge in [0, 0.05) is 12.0 Å². The van der Waals surface area contributed by atoms with E-state index in [9.17, 15) is 8.42 Å². The van der Waals surface area contributed by atoms with Gasteiger partial charge in [-0.1, -0.05) is 31.0 Å². The molecule has 0 aromatic heterocycles. The van der Waals surface area contributed by atoms with E-state index in [1.54, 1.807) is 19.2 Å². The van der Waals surface area contributed by atoms with Crippen LogP contribution in [0.15, 0.2) is 47.4 Å². The zero-order chi connectivity index (χ0) is 20.2. The first-order chi connectivity index (χ1) is 13.4. The fourth-order valence-corrected chi connectivity index (χ4v) is 5.33. The van der Waals surface area contributed by atoms with Crippen LogP contribution in [0.1, 0.15) is 43.7 Å². The third-order valence-corrected chi connectivity index (χ3v) is 6.97. The van der Waals surface area contributed by atoms with Crippen molar-refractivity contribution in [1.82, 2.24) is 4.72 Å². The van der Waals surface area contributed by atoms with Crippen LogP contribution in [0, 0.1) is 6.92 Å². The molecule has 0 spiro atoms. The van der Waals surface area contributed by atoms with Crippen molar-refractivity contribution in [3.05, 3.63) is 53.6 Å². The van der Waals surface area contributed by atoms with E-state index in [-0.39, 0.29) is 10.3 Å². The molecule has 0 unspecified atom stereocenters. The Morgan fingerprint density at radius 3 is 2.36 bits per heavy atom. The van der Waals surface area contributed by atoms with Gasteiger partial charge in [-0.3, -0.25) is 0 Å². The van der Waals surface area contributed by atoms with E-state index in [1.807, 2.05) is 32.0 Å². The second-order valence-corrected chi connectivity index (χ2v) is 9.16. The Morgan fingerprint density at radius 1 is 1.07 bits per heavy atom. The van der Waals surface area contributed by atoms with E-state index in [4.69, 9.17) is 9.47 Å². The van der Waals surface area contributed by atoms with Crippen LogP contribution in [0.3, 0.4) is 0 Å². The topological polar surface area (TPSA) is 64.6 Å². The van der Waals surface area contributed by atoms with Gasteiger partial charge in [-0.25, -0.2) is 13.1 Å². The Balaban J connectivity index is 1.86. The molecule has 1 aliphatic rings. The third-order valence-electron chi connectivity index (χ3n) is 5.55. The molecule has 152 valence electrons. The van der Waals surface area contributed by atoms with Crippen LogP contribution in [-0.2, 0) is 15.4 Å². The van der Waals surface area contributed by atoms with Crippen molar-refractivity contribution in [1.29, 1.82) is 0 Å². The van der Waals surface area contributed by atoms with Gasteiger partial charge in [0.15, 0.2) is 0 Å². The summed E-state index contributed by atoms with van der Waals surface area (Å²) in [7, 11) is -2.04. The minimum absolute atomic E-state index is 0.186. The maximum Gasteiger partial charge on any atom is 0.244 e. The van der Waals surface area contributed by atoms with Crippen LogP contribution < -0.4 is 14.2 Å². The van der Waals surface area contributed by atoms with Crippen molar-refractivity contribution in [2.45, 2.75) is 49.8 Å². The molecule has 5 nitrogen and oxygen atoms in total. The van der Waals surface area contributed by atoms with E-state index in [2.05, 4.69) is 16.9 Å². The summed E-state index contributed by atoms with van der Waals surface area (Å²) in [5, 5.41) is 0. The number of rotatable bonds is 8. The standard InChI is InChI=1S/C22H29NO4S/c1-4-27-20-12-7-17(2)15-21(20)28(24,25)23-16-22(13-5-6-14-22)18-8-10-19(26-3)11-9-18/h7-12,15,23H,4-6,13-14,16H2,1-3H3. The monoisotopic (exact) mass is 403 g/mol. The maximum absolute atomic E-state index is 13.1. The van der Waals surface area contributed by atoms with E-state index in [1.165, 1.54) is 0 Å². The summed E-state index contributed by atoms with van der Waals surface area (Å²) in [6, 6.07) is 13.2. The molecule has 0 radical (unpaired) electrons. The number of hydrogen-bond donors (Lipinski definition) is 1. The lowest BCUT2D eigenvalue weighted by Crippen LogP contribution is -2.39. The highest BCUT2D eigenvalue weighted by molar-refractivity contribution is 7.89. The molecule has 0 atom stereocenters. The summed E-state index contributed by atoms with van der Waals surface area (Å²) >= 11 is 0. The molecular formula is C22H29NO4S. The van der Waals surface area contributed by atoms with Crippen LogP contribution in [0.2, 0.25) is 0 Å². The van der Waals surface area contributed by atoms with Gasteiger partial charge in [0.2, 0.25) is 10.0 Å². The first-order valence-corrected chi connectivity index (χ1v) is 11.3. The molecule has 0 saturated heterocycles. The highest BCUT2D eigenvalue weighted by Gasteiger charge is 2.37. The molecule has 1 aliphatic carbocycles. The highest BCUT2D eigenvalue weighted by atomic mass is 32.2. The summed E-state index contributed by atoms with van der Waals surface area (Å²) in [6.45, 7) is 4.52. The molecule has 1 N–H and O–H groups in total. The minimum atomic E-state index is -3.68. The van der Waals surface area contributed by atoms with E-state index in [0.29, 0.717) is 18.9 Å². The summed E-state index contributed by atoms with van der Waals surface area (Å²) in [6.07, 6.45) is 4.13. The summed E-state index contributed by atoms with van der Waals surface area (Å²) in [5.74, 6) is 1.20. The largest absolute Gasteiger partial charge is 0.497 e. The molecular weight excluding hydrogens is 374 g/mol. The van der Waals surface area contributed by atoms with Crippen molar-refractivity contribution in [3.8, 4) is 11.5 Å². The number of sulfonamides is 1. The SMILES string of the molecule is CCOc1ccc(C)cc1S(=O)(=O)NCC1(c2ccc(OC)cc2)CCCC1. The summed E-state index contributed by atoms with van der Waals surface area (Å²) in [5.41, 5.74) is 1.85. The molecule has 2 aromatic rings. The lowest BCUT2D eigenvalue weighted by Gasteiger charge is -2.30. The van der Waals surface area contributed by atoms with Crippen LogP contribution in [0.4, 0.5) is 0 Å². The van der Waals surface area contributed by atoms with Gasteiger partial charge in [-0.2, -0.15) is 0 Å². The Hall–Kier alpha value is -2.05. The fraction of sp³-hybridized carbons (Fsp3) is 0.455. The van der Waals surface area contributed by atoms with Crippen LogP contribution >= 0.6 is 0 Å².